The van der Waals surface area contributed by atoms with Crippen LogP contribution in [0.5, 0.6) is 0 Å². The quantitative estimate of drug-likeness (QED) is 0.704. The largest absolute Gasteiger partial charge is 0.153 e. The van der Waals surface area contributed by atoms with E-state index in [1.807, 2.05) is 18.0 Å². The lowest BCUT2D eigenvalue weighted by atomic mass is 10.2. The molecule has 1 aliphatic heterocycles. The van der Waals surface area contributed by atoms with Gasteiger partial charge in [0.25, 0.3) is 0 Å². The smallest absolute Gasteiger partial charge is 0.119 e. The molecule has 13 heavy (non-hydrogen) atoms. The Labute approximate surface area is 86.9 Å². The van der Waals surface area contributed by atoms with Crippen LogP contribution in [0.25, 0.3) is 0 Å². The van der Waals surface area contributed by atoms with Gasteiger partial charge in [0.15, 0.2) is 0 Å². The first-order valence-electron chi connectivity index (χ1n) is 4.39. The number of nitrogens with zero attached hydrogens (tertiary/aromatic N) is 2. The van der Waals surface area contributed by atoms with Crippen molar-refractivity contribution in [3.8, 4) is 0 Å². The summed E-state index contributed by atoms with van der Waals surface area (Å²) in [4.78, 5) is 0. The van der Waals surface area contributed by atoms with E-state index in [0.717, 1.165) is 10.7 Å². The van der Waals surface area contributed by atoms with Gasteiger partial charge in [0.1, 0.15) is 5.03 Å². The second kappa shape index (κ2) is 4.33. The zero-order chi connectivity index (χ0) is 9.10. The van der Waals surface area contributed by atoms with E-state index < -0.39 is 0 Å². The molecule has 1 aliphatic rings. The standard InChI is InChI=1S/C9H12N2S2/c1-12-9-5-4-7(10-11-9)8-3-2-6-13-8/h4-5,8H,2-3,6H2,1H3. The van der Waals surface area contributed by atoms with Gasteiger partial charge in [-0.25, -0.2) is 0 Å². The van der Waals surface area contributed by atoms with Crippen LogP contribution in [0, 0.1) is 0 Å². The van der Waals surface area contributed by atoms with Crippen LogP contribution in [0.4, 0.5) is 0 Å². The number of rotatable bonds is 2. The Morgan fingerprint density at radius 1 is 1.46 bits per heavy atom. The molecule has 0 bridgehead atoms. The maximum atomic E-state index is 4.24. The highest BCUT2D eigenvalue weighted by molar-refractivity contribution is 7.99. The average molecular weight is 212 g/mol. The summed E-state index contributed by atoms with van der Waals surface area (Å²) >= 11 is 3.64. The fourth-order valence-electron chi connectivity index (χ4n) is 1.42. The van der Waals surface area contributed by atoms with Gasteiger partial charge >= 0.3 is 0 Å². The molecule has 0 radical (unpaired) electrons. The highest BCUT2D eigenvalue weighted by atomic mass is 32.2. The molecule has 0 saturated carbocycles. The zero-order valence-electron chi connectivity index (χ0n) is 7.56. The van der Waals surface area contributed by atoms with E-state index in [2.05, 4.69) is 22.3 Å². The molecule has 2 nitrogen and oxygen atoms in total. The molecule has 70 valence electrons. The fourth-order valence-corrected chi connectivity index (χ4v) is 3.00. The molecule has 0 N–H and O–H groups in total. The van der Waals surface area contributed by atoms with Crippen molar-refractivity contribution in [1.29, 1.82) is 0 Å². The van der Waals surface area contributed by atoms with Gasteiger partial charge in [-0.05, 0) is 37.0 Å². The molecular formula is C9H12N2S2. The first-order chi connectivity index (χ1) is 6.40. The molecule has 1 aromatic rings. The van der Waals surface area contributed by atoms with Crippen molar-refractivity contribution in [1.82, 2.24) is 10.2 Å². The van der Waals surface area contributed by atoms with Gasteiger partial charge in [-0.3, -0.25) is 0 Å². The van der Waals surface area contributed by atoms with E-state index in [9.17, 15) is 0 Å². The molecule has 0 spiro atoms. The topological polar surface area (TPSA) is 25.8 Å². The van der Waals surface area contributed by atoms with Crippen molar-refractivity contribution in [2.75, 3.05) is 12.0 Å². The van der Waals surface area contributed by atoms with Crippen molar-refractivity contribution < 1.29 is 0 Å². The minimum atomic E-state index is 0.600. The van der Waals surface area contributed by atoms with Gasteiger partial charge in [-0.15, -0.1) is 16.9 Å². The van der Waals surface area contributed by atoms with Crippen molar-refractivity contribution >= 4 is 23.5 Å². The van der Waals surface area contributed by atoms with Crippen LogP contribution < -0.4 is 0 Å². The number of hydrogen-bond acceptors (Lipinski definition) is 4. The summed E-state index contributed by atoms with van der Waals surface area (Å²) in [7, 11) is 0. The van der Waals surface area contributed by atoms with Gasteiger partial charge in [-0.1, -0.05) is 0 Å². The summed E-state index contributed by atoms with van der Waals surface area (Å²) < 4.78 is 0. The molecule has 1 aromatic heterocycles. The third-order valence-corrected chi connectivity index (χ3v) is 4.17. The molecule has 1 saturated heterocycles. The van der Waals surface area contributed by atoms with Crippen LogP contribution >= 0.6 is 23.5 Å². The highest BCUT2D eigenvalue weighted by Crippen LogP contribution is 2.38. The number of hydrogen-bond donors (Lipinski definition) is 0. The lowest BCUT2D eigenvalue weighted by Gasteiger charge is -2.06. The van der Waals surface area contributed by atoms with E-state index in [1.165, 1.54) is 18.6 Å². The minimum Gasteiger partial charge on any atom is -0.153 e. The zero-order valence-corrected chi connectivity index (χ0v) is 9.20. The molecule has 1 unspecified atom stereocenters. The molecular weight excluding hydrogens is 200 g/mol. The third-order valence-electron chi connectivity index (χ3n) is 2.13. The number of thioether (sulfide) groups is 2. The van der Waals surface area contributed by atoms with Crippen LogP contribution in [0.1, 0.15) is 23.8 Å². The van der Waals surface area contributed by atoms with Crippen LogP contribution in [0.2, 0.25) is 0 Å². The van der Waals surface area contributed by atoms with Gasteiger partial charge < -0.3 is 0 Å². The molecule has 1 fully saturated rings. The molecule has 0 aliphatic carbocycles. The summed E-state index contributed by atoms with van der Waals surface area (Å²) in [5.41, 5.74) is 1.15. The first-order valence-corrected chi connectivity index (χ1v) is 6.67. The fraction of sp³-hybridized carbons (Fsp3) is 0.556. The summed E-state index contributed by atoms with van der Waals surface area (Å²) in [5, 5.41) is 9.99. The Kier molecular flexibility index (Phi) is 3.11. The first kappa shape index (κ1) is 9.34. The Morgan fingerprint density at radius 3 is 2.92 bits per heavy atom. The Bertz CT molecular complexity index is 267. The van der Waals surface area contributed by atoms with Crippen LogP contribution in [-0.4, -0.2) is 22.2 Å². The highest BCUT2D eigenvalue weighted by Gasteiger charge is 2.18. The predicted octanol–water partition coefficient (Wildman–Crippen LogP) is 2.77. The summed E-state index contributed by atoms with van der Waals surface area (Å²) in [6.45, 7) is 0. The van der Waals surface area contributed by atoms with Crippen LogP contribution in [0.15, 0.2) is 17.2 Å². The SMILES string of the molecule is CSc1ccc(C2CCCS2)nn1. The van der Waals surface area contributed by atoms with Gasteiger partial charge in [0.05, 0.1) is 5.69 Å². The van der Waals surface area contributed by atoms with Gasteiger partial charge in [0.2, 0.25) is 0 Å². The van der Waals surface area contributed by atoms with Crippen molar-refractivity contribution in [3.05, 3.63) is 17.8 Å². The van der Waals surface area contributed by atoms with E-state index in [1.54, 1.807) is 11.8 Å². The van der Waals surface area contributed by atoms with E-state index in [-0.39, 0.29) is 0 Å². The normalized spacial score (nSPS) is 22.1. The summed E-state index contributed by atoms with van der Waals surface area (Å²) in [6, 6.07) is 4.17. The van der Waals surface area contributed by atoms with Crippen molar-refractivity contribution in [2.24, 2.45) is 0 Å². The lowest BCUT2D eigenvalue weighted by molar-refractivity contribution is 0.768. The third kappa shape index (κ3) is 2.17. The van der Waals surface area contributed by atoms with Crippen LogP contribution in [0.3, 0.4) is 0 Å². The van der Waals surface area contributed by atoms with E-state index in [0.29, 0.717) is 5.25 Å². The Hall–Kier alpha value is -0.220. The Balaban J connectivity index is 2.12. The monoisotopic (exact) mass is 212 g/mol. The maximum Gasteiger partial charge on any atom is 0.119 e. The summed E-state index contributed by atoms with van der Waals surface area (Å²) in [6.07, 6.45) is 4.60. The molecule has 4 heteroatoms. The Morgan fingerprint density at radius 2 is 2.38 bits per heavy atom. The minimum absolute atomic E-state index is 0.600. The van der Waals surface area contributed by atoms with Gasteiger partial charge in [-0.2, -0.15) is 16.9 Å². The molecule has 2 heterocycles. The van der Waals surface area contributed by atoms with E-state index in [4.69, 9.17) is 0 Å². The molecule has 0 amide bonds. The summed E-state index contributed by atoms with van der Waals surface area (Å²) in [5.74, 6) is 1.27. The van der Waals surface area contributed by atoms with Crippen LogP contribution in [-0.2, 0) is 0 Å². The van der Waals surface area contributed by atoms with E-state index >= 15 is 0 Å². The molecule has 1 atom stereocenters. The molecule has 2 rings (SSSR count). The second-order valence-corrected chi connectivity index (χ2v) is 5.14. The van der Waals surface area contributed by atoms with Crippen molar-refractivity contribution in [2.45, 2.75) is 23.1 Å². The second-order valence-electron chi connectivity index (χ2n) is 3.00. The lowest BCUT2D eigenvalue weighted by Crippen LogP contribution is -1.95. The molecule has 0 aromatic carbocycles. The predicted molar refractivity (Wildman–Crippen MR) is 58.2 cm³/mol. The van der Waals surface area contributed by atoms with Crippen molar-refractivity contribution in [3.63, 3.8) is 0 Å². The average Bonchev–Trinajstić information content (AvgIpc) is 2.71. The number of aromatic nitrogens is 2. The van der Waals surface area contributed by atoms with Gasteiger partial charge in [0, 0.05) is 5.25 Å². The maximum absolute atomic E-state index is 4.24.